The second kappa shape index (κ2) is 9.69. The first-order valence-electron chi connectivity index (χ1n) is 10.6. The van der Waals surface area contributed by atoms with Crippen molar-refractivity contribution in [3.05, 3.63) is 88.9 Å². The van der Waals surface area contributed by atoms with Gasteiger partial charge in [0.15, 0.2) is 0 Å². The quantitative estimate of drug-likeness (QED) is 0.409. The van der Waals surface area contributed by atoms with Crippen molar-refractivity contribution >= 4 is 43.5 Å². The third-order valence-corrected chi connectivity index (χ3v) is 8.34. The lowest BCUT2D eigenvalue weighted by Crippen LogP contribution is -2.46. The molecule has 1 heterocycles. The fourth-order valence-electron chi connectivity index (χ4n) is 4.07. The van der Waals surface area contributed by atoms with Gasteiger partial charge in [0.05, 0.1) is 24.1 Å². The van der Waals surface area contributed by atoms with E-state index in [0.717, 1.165) is 13.7 Å². The number of rotatable bonds is 7. The summed E-state index contributed by atoms with van der Waals surface area (Å²) in [7, 11) is -2.61. The maximum Gasteiger partial charge on any atom is 0.252 e. The maximum atomic E-state index is 13.8. The van der Waals surface area contributed by atoms with Crippen molar-refractivity contribution in [1.82, 2.24) is 4.31 Å². The van der Waals surface area contributed by atoms with Crippen molar-refractivity contribution in [3.8, 4) is 5.75 Å². The average molecular weight is 543 g/mol. The van der Waals surface area contributed by atoms with E-state index in [1.807, 2.05) is 18.2 Å². The van der Waals surface area contributed by atoms with Crippen LogP contribution < -0.4 is 9.64 Å². The molecule has 1 fully saturated rings. The number of hydrogen-bond acceptors (Lipinski definition) is 5. The summed E-state index contributed by atoms with van der Waals surface area (Å²) in [4.78, 5) is 27.6. The zero-order valence-corrected chi connectivity index (χ0v) is 21.0. The van der Waals surface area contributed by atoms with Crippen LogP contribution in [-0.2, 0) is 19.6 Å². The molecule has 2 unspecified atom stereocenters. The Labute approximate surface area is 207 Å². The van der Waals surface area contributed by atoms with E-state index in [1.54, 1.807) is 55.5 Å². The Morgan fingerprint density at radius 3 is 2.18 bits per heavy atom. The minimum absolute atomic E-state index is 0.0432. The molecule has 2 atom stereocenters. The van der Waals surface area contributed by atoms with Crippen LogP contribution in [-0.4, -0.2) is 37.7 Å². The van der Waals surface area contributed by atoms with Gasteiger partial charge in [-0.25, -0.2) is 13.3 Å². The molecule has 1 saturated heterocycles. The van der Waals surface area contributed by atoms with Gasteiger partial charge >= 0.3 is 0 Å². The first-order chi connectivity index (χ1) is 16.2. The highest BCUT2D eigenvalue weighted by Gasteiger charge is 2.48. The topological polar surface area (TPSA) is 84.0 Å². The Morgan fingerprint density at radius 1 is 0.971 bits per heavy atom. The van der Waals surface area contributed by atoms with Gasteiger partial charge < -0.3 is 4.74 Å². The minimum atomic E-state index is -4.13. The van der Waals surface area contributed by atoms with Crippen LogP contribution >= 0.6 is 15.9 Å². The molecule has 0 spiro atoms. The number of anilines is 1. The van der Waals surface area contributed by atoms with Crippen LogP contribution in [0.5, 0.6) is 5.75 Å². The van der Waals surface area contributed by atoms with E-state index in [-0.39, 0.29) is 11.3 Å². The second-order valence-corrected chi connectivity index (χ2v) is 10.6. The zero-order valence-electron chi connectivity index (χ0n) is 18.6. The molecule has 0 aliphatic carbocycles. The van der Waals surface area contributed by atoms with Crippen molar-refractivity contribution in [2.45, 2.75) is 30.3 Å². The molecule has 2 amide bonds. The lowest BCUT2D eigenvalue weighted by molar-refractivity contribution is -0.122. The van der Waals surface area contributed by atoms with Gasteiger partial charge in [0.2, 0.25) is 15.9 Å². The molecule has 0 saturated carbocycles. The Bertz CT molecular complexity index is 1300. The predicted molar refractivity (Wildman–Crippen MR) is 132 cm³/mol. The number of amides is 2. The van der Waals surface area contributed by atoms with E-state index in [2.05, 4.69) is 15.9 Å². The number of benzene rings is 3. The summed E-state index contributed by atoms with van der Waals surface area (Å²) in [6.45, 7) is 1.72. The van der Waals surface area contributed by atoms with Crippen LogP contribution in [0.25, 0.3) is 0 Å². The summed E-state index contributed by atoms with van der Waals surface area (Å²) in [6, 6.07) is 19.9. The SMILES string of the molecule is COc1ccc(N2C(=O)CC(N(C(C)c3ccccc3)S(=O)(=O)c3ccc(Br)cc3)C2=O)cc1. The number of halogens is 1. The lowest BCUT2D eigenvalue weighted by Gasteiger charge is -2.32. The third-order valence-electron chi connectivity index (χ3n) is 5.81. The van der Waals surface area contributed by atoms with E-state index < -0.39 is 33.9 Å². The molecule has 0 radical (unpaired) electrons. The summed E-state index contributed by atoms with van der Waals surface area (Å²) >= 11 is 3.32. The molecule has 0 N–H and O–H groups in total. The summed E-state index contributed by atoms with van der Waals surface area (Å²) in [5.74, 6) is -0.466. The van der Waals surface area contributed by atoms with Gasteiger partial charge in [-0.3, -0.25) is 9.59 Å². The number of methoxy groups -OCH3 is 1. The van der Waals surface area contributed by atoms with E-state index in [4.69, 9.17) is 4.74 Å². The van der Waals surface area contributed by atoms with Crippen LogP contribution in [0.4, 0.5) is 5.69 Å². The Morgan fingerprint density at radius 2 is 1.59 bits per heavy atom. The summed E-state index contributed by atoms with van der Waals surface area (Å²) in [5.41, 5.74) is 1.08. The fourth-order valence-corrected chi connectivity index (χ4v) is 6.10. The first-order valence-corrected chi connectivity index (χ1v) is 12.8. The van der Waals surface area contributed by atoms with Gasteiger partial charge in [-0.1, -0.05) is 46.3 Å². The number of sulfonamides is 1. The molecule has 3 aromatic carbocycles. The van der Waals surface area contributed by atoms with Gasteiger partial charge in [-0.05, 0) is 61.0 Å². The number of imide groups is 1. The fraction of sp³-hybridized carbons (Fsp3) is 0.200. The number of hydrogen-bond donors (Lipinski definition) is 0. The molecule has 0 aromatic heterocycles. The summed E-state index contributed by atoms with van der Waals surface area (Å²) < 4.78 is 34.7. The number of ether oxygens (including phenoxy) is 1. The Kier molecular flexibility index (Phi) is 6.88. The Balaban J connectivity index is 1.77. The van der Waals surface area contributed by atoms with E-state index in [1.165, 1.54) is 19.2 Å². The van der Waals surface area contributed by atoms with E-state index in [9.17, 15) is 18.0 Å². The molecule has 3 aromatic rings. The lowest BCUT2D eigenvalue weighted by atomic mass is 10.1. The van der Waals surface area contributed by atoms with Crippen molar-refractivity contribution in [3.63, 3.8) is 0 Å². The van der Waals surface area contributed by atoms with E-state index in [0.29, 0.717) is 17.0 Å². The third kappa shape index (κ3) is 4.51. The van der Waals surface area contributed by atoms with Crippen LogP contribution in [0.15, 0.2) is 88.2 Å². The number of nitrogens with zero attached hydrogens (tertiary/aromatic N) is 2. The van der Waals surface area contributed by atoms with Crippen molar-refractivity contribution < 1.29 is 22.7 Å². The van der Waals surface area contributed by atoms with Crippen molar-refractivity contribution in [2.75, 3.05) is 12.0 Å². The first kappa shape index (κ1) is 24.1. The molecule has 1 aliphatic rings. The number of carbonyl (C=O) groups excluding carboxylic acids is 2. The maximum absolute atomic E-state index is 13.8. The monoisotopic (exact) mass is 542 g/mol. The molecule has 9 heteroatoms. The summed E-state index contributed by atoms with van der Waals surface area (Å²) in [6.07, 6.45) is -0.252. The van der Waals surface area contributed by atoms with Gasteiger partial charge in [0.25, 0.3) is 5.91 Å². The largest absolute Gasteiger partial charge is 0.497 e. The highest BCUT2D eigenvalue weighted by atomic mass is 79.9. The minimum Gasteiger partial charge on any atom is -0.497 e. The number of carbonyl (C=O) groups is 2. The van der Waals surface area contributed by atoms with Gasteiger partial charge in [0, 0.05) is 10.5 Å². The summed E-state index contributed by atoms with van der Waals surface area (Å²) in [5, 5.41) is 0. The molecule has 7 nitrogen and oxygen atoms in total. The van der Waals surface area contributed by atoms with Crippen LogP contribution in [0.2, 0.25) is 0 Å². The normalized spacial score (nSPS) is 17.3. The smallest absolute Gasteiger partial charge is 0.252 e. The Hall–Kier alpha value is -3.01. The van der Waals surface area contributed by atoms with Crippen LogP contribution in [0.1, 0.15) is 24.9 Å². The average Bonchev–Trinajstić information content (AvgIpc) is 3.13. The van der Waals surface area contributed by atoms with Gasteiger partial charge in [0.1, 0.15) is 11.8 Å². The molecule has 1 aliphatic heterocycles. The highest BCUT2D eigenvalue weighted by Crippen LogP contribution is 2.36. The molecule has 34 heavy (non-hydrogen) atoms. The van der Waals surface area contributed by atoms with Crippen molar-refractivity contribution in [1.29, 1.82) is 0 Å². The zero-order chi connectivity index (χ0) is 24.5. The van der Waals surface area contributed by atoms with Gasteiger partial charge in [-0.15, -0.1) is 0 Å². The molecule has 176 valence electrons. The van der Waals surface area contributed by atoms with Crippen molar-refractivity contribution in [2.24, 2.45) is 0 Å². The highest BCUT2D eigenvalue weighted by molar-refractivity contribution is 9.10. The van der Waals surface area contributed by atoms with Crippen LogP contribution in [0, 0.1) is 0 Å². The molecule has 0 bridgehead atoms. The van der Waals surface area contributed by atoms with Crippen LogP contribution in [0.3, 0.4) is 0 Å². The molecular formula is C25H23BrN2O5S. The van der Waals surface area contributed by atoms with E-state index >= 15 is 0 Å². The van der Waals surface area contributed by atoms with Gasteiger partial charge in [-0.2, -0.15) is 4.31 Å². The standard InChI is InChI=1S/C25H23BrN2O5S/c1-17(18-6-4-3-5-7-18)28(34(31,32)22-14-8-19(26)9-15-22)23-16-24(29)27(25(23)30)20-10-12-21(33-2)13-11-20/h3-15,17,23H,16H2,1-2H3. The predicted octanol–water partition coefficient (Wildman–Crippen LogP) is 4.54. The molecule has 4 rings (SSSR count). The molecular weight excluding hydrogens is 520 g/mol. The second-order valence-electron chi connectivity index (χ2n) is 7.86.